The van der Waals surface area contributed by atoms with Gasteiger partial charge in [-0.1, -0.05) is 17.7 Å². The van der Waals surface area contributed by atoms with Crippen molar-refractivity contribution in [2.24, 2.45) is 0 Å². The summed E-state index contributed by atoms with van der Waals surface area (Å²) in [4.78, 5) is 2.27. The minimum absolute atomic E-state index is 0.816. The standard InChI is InChI=1S/C15H26N2O/c1-4-18-13-5-10-16-11-12-17(3)15-8-6-14(2)7-9-15/h6-9,16H,4-5,10-13H2,1-3H3. The van der Waals surface area contributed by atoms with Gasteiger partial charge in [0, 0.05) is 39.0 Å². The predicted octanol–water partition coefficient (Wildman–Crippen LogP) is 2.45. The van der Waals surface area contributed by atoms with E-state index in [1.54, 1.807) is 0 Å². The highest BCUT2D eigenvalue weighted by atomic mass is 16.5. The van der Waals surface area contributed by atoms with Crippen LogP contribution in [0.3, 0.4) is 0 Å². The summed E-state index contributed by atoms with van der Waals surface area (Å²) < 4.78 is 5.29. The second-order valence-electron chi connectivity index (χ2n) is 4.56. The molecule has 0 bridgehead atoms. The van der Waals surface area contributed by atoms with Gasteiger partial charge in [-0.3, -0.25) is 0 Å². The molecule has 1 rings (SSSR count). The Morgan fingerprint density at radius 1 is 1.17 bits per heavy atom. The van der Waals surface area contributed by atoms with Gasteiger partial charge in [0.15, 0.2) is 0 Å². The van der Waals surface area contributed by atoms with Gasteiger partial charge >= 0.3 is 0 Å². The van der Waals surface area contributed by atoms with Gasteiger partial charge in [0.05, 0.1) is 0 Å². The zero-order valence-electron chi connectivity index (χ0n) is 11.9. The first kappa shape index (κ1) is 15.0. The number of rotatable bonds is 9. The zero-order chi connectivity index (χ0) is 13.2. The molecule has 3 heteroatoms. The highest BCUT2D eigenvalue weighted by molar-refractivity contribution is 5.46. The fourth-order valence-corrected chi connectivity index (χ4v) is 1.74. The van der Waals surface area contributed by atoms with E-state index in [-0.39, 0.29) is 0 Å². The second-order valence-corrected chi connectivity index (χ2v) is 4.56. The summed E-state index contributed by atoms with van der Waals surface area (Å²) >= 11 is 0. The maximum atomic E-state index is 5.29. The van der Waals surface area contributed by atoms with E-state index in [1.165, 1.54) is 11.3 Å². The zero-order valence-corrected chi connectivity index (χ0v) is 11.9. The fourth-order valence-electron chi connectivity index (χ4n) is 1.74. The average molecular weight is 250 g/mol. The molecule has 0 unspecified atom stereocenters. The van der Waals surface area contributed by atoms with Gasteiger partial charge < -0.3 is 15.0 Å². The Bertz CT molecular complexity index is 311. The van der Waals surface area contributed by atoms with Crippen molar-refractivity contribution < 1.29 is 4.74 Å². The first-order valence-electron chi connectivity index (χ1n) is 6.80. The quantitative estimate of drug-likeness (QED) is 0.681. The summed E-state index contributed by atoms with van der Waals surface area (Å²) in [5.41, 5.74) is 2.58. The molecular weight excluding hydrogens is 224 g/mol. The minimum atomic E-state index is 0.816. The summed E-state index contributed by atoms with van der Waals surface area (Å²) in [6.45, 7) is 8.89. The lowest BCUT2D eigenvalue weighted by Crippen LogP contribution is -2.30. The number of nitrogens with zero attached hydrogens (tertiary/aromatic N) is 1. The minimum Gasteiger partial charge on any atom is -0.382 e. The van der Waals surface area contributed by atoms with Crippen molar-refractivity contribution in [3.63, 3.8) is 0 Å². The van der Waals surface area contributed by atoms with Crippen LogP contribution in [-0.2, 0) is 4.74 Å². The van der Waals surface area contributed by atoms with Crippen LogP contribution in [-0.4, -0.2) is 39.9 Å². The molecule has 0 heterocycles. The highest BCUT2D eigenvalue weighted by Crippen LogP contribution is 2.12. The first-order valence-corrected chi connectivity index (χ1v) is 6.80. The Balaban J connectivity index is 2.10. The van der Waals surface area contributed by atoms with E-state index in [9.17, 15) is 0 Å². The van der Waals surface area contributed by atoms with Crippen molar-refractivity contribution in [2.45, 2.75) is 20.3 Å². The van der Waals surface area contributed by atoms with Crippen LogP contribution in [0.15, 0.2) is 24.3 Å². The van der Waals surface area contributed by atoms with Crippen molar-refractivity contribution in [1.29, 1.82) is 0 Å². The predicted molar refractivity (Wildman–Crippen MR) is 78.4 cm³/mol. The van der Waals surface area contributed by atoms with Crippen LogP contribution < -0.4 is 10.2 Å². The number of aryl methyl sites for hydroxylation is 1. The van der Waals surface area contributed by atoms with Gasteiger partial charge in [-0.15, -0.1) is 0 Å². The van der Waals surface area contributed by atoms with Crippen LogP contribution in [0.2, 0.25) is 0 Å². The first-order chi connectivity index (χ1) is 8.74. The molecular formula is C15H26N2O. The fraction of sp³-hybridized carbons (Fsp3) is 0.600. The SMILES string of the molecule is CCOCCCNCCN(C)c1ccc(C)cc1. The van der Waals surface area contributed by atoms with Crippen molar-refractivity contribution in [3.8, 4) is 0 Å². The molecule has 0 aliphatic rings. The normalized spacial score (nSPS) is 10.6. The molecule has 0 aliphatic carbocycles. The molecule has 0 aromatic heterocycles. The van der Waals surface area contributed by atoms with Crippen LogP contribution in [0.1, 0.15) is 18.9 Å². The van der Waals surface area contributed by atoms with Crippen molar-refractivity contribution in [2.75, 3.05) is 44.8 Å². The molecule has 102 valence electrons. The van der Waals surface area contributed by atoms with Gasteiger partial charge in [-0.05, 0) is 38.9 Å². The molecule has 0 atom stereocenters. The molecule has 0 amide bonds. The Morgan fingerprint density at radius 3 is 2.56 bits per heavy atom. The molecule has 1 N–H and O–H groups in total. The molecule has 3 nitrogen and oxygen atoms in total. The maximum Gasteiger partial charge on any atom is 0.0477 e. The summed E-state index contributed by atoms with van der Waals surface area (Å²) in [6.07, 6.45) is 1.09. The Labute approximate surface area is 111 Å². The van der Waals surface area contributed by atoms with Crippen molar-refractivity contribution in [3.05, 3.63) is 29.8 Å². The molecule has 18 heavy (non-hydrogen) atoms. The van der Waals surface area contributed by atoms with Gasteiger partial charge in [0.1, 0.15) is 0 Å². The maximum absolute atomic E-state index is 5.29. The van der Waals surface area contributed by atoms with Crippen LogP contribution in [0, 0.1) is 6.92 Å². The second kappa shape index (κ2) is 8.95. The van der Waals surface area contributed by atoms with E-state index >= 15 is 0 Å². The van der Waals surface area contributed by atoms with Gasteiger partial charge in [0.25, 0.3) is 0 Å². The molecule has 0 radical (unpaired) electrons. The smallest absolute Gasteiger partial charge is 0.0477 e. The van der Waals surface area contributed by atoms with Crippen LogP contribution in [0.4, 0.5) is 5.69 Å². The summed E-state index contributed by atoms with van der Waals surface area (Å²) in [7, 11) is 2.13. The number of benzene rings is 1. The van der Waals surface area contributed by atoms with E-state index in [1.807, 2.05) is 6.92 Å². The molecule has 1 aromatic rings. The van der Waals surface area contributed by atoms with E-state index in [0.29, 0.717) is 0 Å². The summed E-state index contributed by atoms with van der Waals surface area (Å²) in [5.74, 6) is 0. The number of hydrogen-bond donors (Lipinski definition) is 1. The van der Waals surface area contributed by atoms with E-state index in [0.717, 1.165) is 39.3 Å². The number of hydrogen-bond acceptors (Lipinski definition) is 3. The third-order valence-corrected chi connectivity index (χ3v) is 2.95. The van der Waals surface area contributed by atoms with Gasteiger partial charge in [-0.25, -0.2) is 0 Å². The van der Waals surface area contributed by atoms with E-state index < -0.39 is 0 Å². The van der Waals surface area contributed by atoms with Crippen LogP contribution in [0.25, 0.3) is 0 Å². The Morgan fingerprint density at radius 2 is 1.89 bits per heavy atom. The van der Waals surface area contributed by atoms with Crippen LogP contribution in [0.5, 0.6) is 0 Å². The topological polar surface area (TPSA) is 24.5 Å². The third-order valence-electron chi connectivity index (χ3n) is 2.95. The molecule has 0 saturated heterocycles. The van der Waals surface area contributed by atoms with E-state index in [4.69, 9.17) is 4.74 Å². The largest absolute Gasteiger partial charge is 0.382 e. The van der Waals surface area contributed by atoms with Crippen molar-refractivity contribution in [1.82, 2.24) is 5.32 Å². The molecule has 0 spiro atoms. The van der Waals surface area contributed by atoms with Gasteiger partial charge in [0.2, 0.25) is 0 Å². The molecule has 0 fully saturated rings. The van der Waals surface area contributed by atoms with Crippen LogP contribution >= 0.6 is 0 Å². The summed E-state index contributed by atoms with van der Waals surface area (Å²) in [5, 5.41) is 3.43. The molecule has 1 aromatic carbocycles. The highest BCUT2D eigenvalue weighted by Gasteiger charge is 1.99. The monoisotopic (exact) mass is 250 g/mol. The number of ether oxygens (including phenoxy) is 1. The van der Waals surface area contributed by atoms with E-state index in [2.05, 4.69) is 48.5 Å². The molecule has 0 aliphatic heterocycles. The number of likely N-dealkylation sites (N-methyl/N-ethyl adjacent to an activating group) is 1. The number of anilines is 1. The Hall–Kier alpha value is -1.06. The molecule has 0 saturated carbocycles. The van der Waals surface area contributed by atoms with Crippen molar-refractivity contribution >= 4 is 5.69 Å². The lowest BCUT2D eigenvalue weighted by molar-refractivity contribution is 0.145. The lowest BCUT2D eigenvalue weighted by Gasteiger charge is -2.19. The van der Waals surface area contributed by atoms with Gasteiger partial charge in [-0.2, -0.15) is 0 Å². The summed E-state index contributed by atoms with van der Waals surface area (Å²) in [6, 6.07) is 8.65. The lowest BCUT2D eigenvalue weighted by atomic mass is 10.2. The number of nitrogens with one attached hydrogen (secondary N) is 1. The average Bonchev–Trinajstić information content (AvgIpc) is 2.38. The Kier molecular flexibility index (Phi) is 7.46. The third kappa shape index (κ3) is 6.03.